The quantitative estimate of drug-likeness (QED) is 0.372. The minimum atomic E-state index is 0. The van der Waals surface area contributed by atoms with E-state index in [0.29, 0.717) is 11.8 Å². The van der Waals surface area contributed by atoms with Crippen molar-refractivity contribution in [1.29, 1.82) is 0 Å². The summed E-state index contributed by atoms with van der Waals surface area (Å²) in [5, 5.41) is 0. The van der Waals surface area contributed by atoms with Gasteiger partial charge in [0.2, 0.25) is 0 Å². The van der Waals surface area contributed by atoms with Gasteiger partial charge in [0.15, 0.2) is 0 Å². The zero-order valence-corrected chi connectivity index (χ0v) is 19.0. The molecule has 23 heavy (non-hydrogen) atoms. The largest absolute Gasteiger partial charge is 3.00 e. The molecule has 0 bridgehead atoms. The summed E-state index contributed by atoms with van der Waals surface area (Å²) < 4.78 is 3.13. The predicted molar refractivity (Wildman–Crippen MR) is 92.7 cm³/mol. The first-order valence-corrected chi connectivity index (χ1v) is 8.70. The molecule has 0 amide bonds. The molecule has 0 nitrogen and oxygen atoms in total. The second-order valence-corrected chi connectivity index (χ2v) is 6.40. The third kappa shape index (κ3) is 7.78. The Morgan fingerprint density at radius 3 is 2.61 bits per heavy atom. The van der Waals surface area contributed by atoms with Crippen molar-refractivity contribution in [3.8, 4) is 0 Å². The monoisotopic (exact) mass is 418 g/mol. The molecule has 1 aromatic rings. The summed E-state index contributed by atoms with van der Waals surface area (Å²) in [7, 11) is 0. The fourth-order valence-corrected chi connectivity index (χ4v) is 2.95. The van der Waals surface area contributed by atoms with Crippen molar-refractivity contribution in [3.05, 3.63) is 65.6 Å². The van der Waals surface area contributed by atoms with E-state index in [-0.39, 0.29) is 32.7 Å². The third-order valence-corrected chi connectivity index (χ3v) is 4.33. The minimum Gasteiger partial charge on any atom is 3.00 e. The first-order chi connectivity index (χ1) is 10.5. The maximum atomic E-state index is 5.46. The van der Waals surface area contributed by atoms with E-state index < -0.39 is 0 Å². The Balaban J connectivity index is 0.00000484. The molecule has 0 aliphatic rings. The molecule has 119 valence electrons. The molecule has 0 saturated heterocycles. The van der Waals surface area contributed by atoms with E-state index in [9.17, 15) is 0 Å². The summed E-state index contributed by atoms with van der Waals surface area (Å²) in [4.78, 5) is 0. The Bertz CT molecular complexity index is 529. The number of allylic oxidation sites excluding steroid dienone is 3. The minimum absolute atomic E-state index is 0. The van der Waals surface area contributed by atoms with E-state index in [1.807, 2.05) is 6.08 Å². The Kier molecular flexibility index (Phi) is 12.7. The Morgan fingerprint density at radius 2 is 2.09 bits per heavy atom. The van der Waals surface area contributed by atoms with Crippen molar-refractivity contribution < 1.29 is 49.7 Å². The number of benzene rings is 1. The maximum absolute atomic E-state index is 5.46. The van der Waals surface area contributed by atoms with E-state index in [1.165, 1.54) is 16.7 Å². The van der Waals surface area contributed by atoms with Gasteiger partial charge in [0.1, 0.15) is 0 Å². The van der Waals surface area contributed by atoms with Crippen LogP contribution in [0.2, 0.25) is 0 Å². The van der Waals surface area contributed by atoms with Gasteiger partial charge in [-0.1, -0.05) is 0 Å². The first kappa shape index (κ1) is 23.3. The zero-order valence-electron chi connectivity index (χ0n) is 14.8. The van der Waals surface area contributed by atoms with E-state index >= 15 is 0 Å². The molecule has 2 heteroatoms. The van der Waals surface area contributed by atoms with Crippen LogP contribution >= 0.6 is 0 Å². The second-order valence-electron chi connectivity index (χ2n) is 6.05. The third-order valence-electron chi connectivity index (χ3n) is 3.88. The molecule has 0 saturated carbocycles. The Labute approximate surface area is 177 Å². The molecule has 0 aliphatic carbocycles. The summed E-state index contributed by atoms with van der Waals surface area (Å²) in [5.41, 5.74) is 5.20. The van der Waals surface area contributed by atoms with E-state index in [1.54, 1.807) is 6.08 Å². The van der Waals surface area contributed by atoms with Crippen LogP contribution in [0.15, 0.2) is 29.9 Å². The summed E-state index contributed by atoms with van der Waals surface area (Å²) in [6, 6.07) is 8.18. The van der Waals surface area contributed by atoms with Crippen LogP contribution in [0.5, 0.6) is 0 Å². The molecule has 0 heterocycles. The topological polar surface area (TPSA) is 0 Å². The van der Waals surface area contributed by atoms with Crippen molar-refractivity contribution >= 4 is 4.73 Å². The van der Waals surface area contributed by atoms with Gasteiger partial charge in [-0.2, -0.15) is 0 Å². The van der Waals surface area contributed by atoms with Gasteiger partial charge in [0, 0.05) is 0 Å². The fourth-order valence-electron chi connectivity index (χ4n) is 2.66. The van der Waals surface area contributed by atoms with Gasteiger partial charge < -0.3 is 0 Å². The maximum Gasteiger partial charge on any atom is 3.00 e. The molecule has 0 fully saturated rings. The van der Waals surface area contributed by atoms with Crippen molar-refractivity contribution in [2.75, 3.05) is 0 Å². The number of hydrogen-bond acceptors (Lipinski definition) is 0. The summed E-state index contributed by atoms with van der Waals surface area (Å²) in [6.07, 6.45) is 8.74. The van der Waals surface area contributed by atoms with Gasteiger partial charge in [0.25, 0.3) is 0 Å². The summed E-state index contributed by atoms with van der Waals surface area (Å²) >= 11 is 2.38. The average molecular weight is 418 g/mol. The molecular weight excluding hydrogens is 392 g/mol. The van der Waals surface area contributed by atoms with Crippen LogP contribution in [0.3, 0.4) is 0 Å². The molecule has 1 atom stereocenters. The van der Waals surface area contributed by atoms with Gasteiger partial charge in [-0.05, 0) is 0 Å². The zero-order chi connectivity index (χ0) is 16.5. The smallest absolute Gasteiger partial charge is 3.00 e. The van der Waals surface area contributed by atoms with Gasteiger partial charge in [0.05, 0.1) is 0 Å². The van der Waals surface area contributed by atoms with Gasteiger partial charge in [-0.15, -0.1) is 0 Å². The standard InChI is InChI=1S/C21H26.V.Y/c1-7-9-17(5)11-12-19-13-14-20(16(3)4)21(15-19)18(6)10-8-2;;/h1,7-9,13-14,16,18H,10-12H2,2-4,6H3;;/q-4;;+3/b17-9+;;. The molecule has 1 unspecified atom stereocenters. The van der Waals surface area contributed by atoms with E-state index in [4.69, 9.17) is 6.58 Å². The van der Waals surface area contributed by atoms with E-state index in [0.717, 1.165) is 24.8 Å². The van der Waals surface area contributed by atoms with Crippen molar-refractivity contribution in [3.63, 3.8) is 0 Å². The van der Waals surface area contributed by atoms with Crippen LogP contribution in [-0.2, 0) is 56.1 Å². The molecule has 0 N–H and O–H groups in total. The SMILES string of the molecule is [CH-]=C/C=C(\[C-]=[V])CCc1[c-]c(C(C)C[CH-]C)c(C(C)C)cc1.[Y+3]. The van der Waals surface area contributed by atoms with Crippen molar-refractivity contribution in [2.45, 2.75) is 58.8 Å². The normalized spacial score (nSPS) is 12.6. The van der Waals surface area contributed by atoms with Crippen LogP contribution < -0.4 is 0 Å². The molecular formula is C21H26VY-. The first-order valence-electron chi connectivity index (χ1n) is 8.00. The summed E-state index contributed by atoms with van der Waals surface area (Å²) in [6.45, 7) is 14.4. The molecule has 0 radical (unpaired) electrons. The number of hydrogen-bond donors (Lipinski definition) is 0. The van der Waals surface area contributed by atoms with Gasteiger partial charge in [-0.25, -0.2) is 0 Å². The van der Waals surface area contributed by atoms with E-state index in [2.05, 4.69) is 74.0 Å². The second kappa shape index (κ2) is 12.6. The molecule has 0 aliphatic heterocycles. The van der Waals surface area contributed by atoms with Crippen LogP contribution in [-0.4, -0.2) is 4.73 Å². The van der Waals surface area contributed by atoms with Crippen LogP contribution in [0.25, 0.3) is 0 Å². The number of aryl methyl sites for hydroxylation is 1. The summed E-state index contributed by atoms with van der Waals surface area (Å²) in [5.74, 6) is 1.06. The molecule has 0 spiro atoms. The van der Waals surface area contributed by atoms with Crippen LogP contribution in [0, 0.1) is 19.1 Å². The van der Waals surface area contributed by atoms with Crippen LogP contribution in [0.4, 0.5) is 0 Å². The van der Waals surface area contributed by atoms with Gasteiger partial charge >= 0.3 is 179 Å². The average Bonchev–Trinajstić information content (AvgIpc) is 2.51. The molecule has 1 rings (SSSR count). The van der Waals surface area contributed by atoms with Crippen molar-refractivity contribution in [2.24, 2.45) is 0 Å². The van der Waals surface area contributed by atoms with Gasteiger partial charge in [-0.3, -0.25) is 0 Å². The Hall–Kier alpha value is 0.258. The van der Waals surface area contributed by atoms with Crippen LogP contribution in [0.1, 0.15) is 69.1 Å². The Morgan fingerprint density at radius 1 is 1.39 bits per heavy atom. The fraction of sp³-hybridized carbons (Fsp3) is 0.429. The predicted octanol–water partition coefficient (Wildman–Crippen LogP) is 5.40. The number of rotatable bonds is 9. The van der Waals surface area contributed by atoms with Crippen molar-refractivity contribution in [1.82, 2.24) is 0 Å². The molecule has 1 aromatic carbocycles. The molecule has 0 aromatic heterocycles.